The molecule has 2 heterocycles. The largest absolute Gasteiger partial charge is 0.418 e. The van der Waals surface area contributed by atoms with Crippen LogP contribution in [0.1, 0.15) is 31.7 Å². The fraction of sp³-hybridized carbons (Fsp3) is 0.348. The molecule has 1 saturated heterocycles. The molecule has 3 aromatic rings. The Labute approximate surface area is 199 Å². The molecule has 0 spiro atoms. The molecule has 12 heteroatoms. The van der Waals surface area contributed by atoms with Crippen LogP contribution in [0.5, 0.6) is 0 Å². The first-order valence-corrected chi connectivity index (χ1v) is 12.4. The maximum atomic E-state index is 13.2. The zero-order valence-electron chi connectivity index (χ0n) is 18.7. The number of anilines is 1. The Morgan fingerprint density at radius 2 is 1.91 bits per heavy atom. The zero-order chi connectivity index (χ0) is 25.4. The van der Waals surface area contributed by atoms with Crippen molar-refractivity contribution in [1.29, 1.82) is 0 Å². The maximum Gasteiger partial charge on any atom is 0.418 e. The van der Waals surface area contributed by atoms with E-state index in [1.807, 2.05) is 6.92 Å². The quantitative estimate of drug-likeness (QED) is 0.567. The third-order valence-electron chi connectivity index (χ3n) is 5.99. The number of benzene rings is 2. The number of carbonyl (C=O) groups is 1. The lowest BCUT2D eigenvalue weighted by atomic mass is 10.1. The van der Waals surface area contributed by atoms with Crippen molar-refractivity contribution in [2.24, 2.45) is 0 Å². The van der Waals surface area contributed by atoms with E-state index in [0.717, 1.165) is 36.0 Å². The van der Waals surface area contributed by atoms with Gasteiger partial charge in [0.1, 0.15) is 6.54 Å². The van der Waals surface area contributed by atoms with Gasteiger partial charge < -0.3 is 5.32 Å². The van der Waals surface area contributed by atoms with E-state index in [-0.39, 0.29) is 16.5 Å². The van der Waals surface area contributed by atoms with E-state index in [1.165, 1.54) is 40.8 Å². The zero-order valence-corrected chi connectivity index (χ0v) is 19.6. The number of nitrogens with zero attached hydrogens (tertiary/aromatic N) is 3. The van der Waals surface area contributed by atoms with E-state index in [9.17, 15) is 31.2 Å². The molecular weight excluding hydrogens is 485 g/mol. The highest BCUT2D eigenvalue weighted by atomic mass is 32.2. The first kappa shape index (κ1) is 24.9. The van der Waals surface area contributed by atoms with E-state index >= 15 is 0 Å². The molecule has 0 bridgehead atoms. The van der Waals surface area contributed by atoms with Gasteiger partial charge in [0.25, 0.3) is 0 Å². The predicted molar refractivity (Wildman–Crippen MR) is 123 cm³/mol. The van der Waals surface area contributed by atoms with Gasteiger partial charge in [0.2, 0.25) is 15.9 Å². The molecule has 0 aliphatic carbocycles. The summed E-state index contributed by atoms with van der Waals surface area (Å²) in [5.74, 6) is -0.864. The molecule has 8 nitrogen and oxygen atoms in total. The van der Waals surface area contributed by atoms with Gasteiger partial charge in [0.05, 0.1) is 21.7 Å². The average Bonchev–Trinajstić information content (AvgIpc) is 2.80. The number of halogens is 3. The van der Waals surface area contributed by atoms with Gasteiger partial charge in [-0.3, -0.25) is 9.36 Å². The topological polar surface area (TPSA) is 101 Å². The first-order valence-electron chi connectivity index (χ1n) is 11.0. The second kappa shape index (κ2) is 9.42. The summed E-state index contributed by atoms with van der Waals surface area (Å²) in [6, 6.07) is 8.50. The van der Waals surface area contributed by atoms with Crippen LogP contribution < -0.4 is 11.0 Å². The molecule has 0 unspecified atom stereocenters. The molecule has 1 amide bonds. The van der Waals surface area contributed by atoms with Crippen molar-refractivity contribution in [3.8, 4) is 0 Å². The Morgan fingerprint density at radius 1 is 1.17 bits per heavy atom. The van der Waals surface area contributed by atoms with Gasteiger partial charge in [-0.1, -0.05) is 18.6 Å². The van der Waals surface area contributed by atoms with Gasteiger partial charge in [-0.05, 0) is 50.1 Å². The minimum Gasteiger partial charge on any atom is -0.324 e. The Balaban J connectivity index is 1.64. The van der Waals surface area contributed by atoms with Crippen LogP contribution in [0.25, 0.3) is 10.9 Å². The van der Waals surface area contributed by atoms with Crippen molar-refractivity contribution in [3.05, 3.63) is 64.7 Å². The van der Waals surface area contributed by atoms with Crippen LogP contribution in [0.15, 0.2) is 58.4 Å². The minimum absolute atomic E-state index is 0.0364. The summed E-state index contributed by atoms with van der Waals surface area (Å²) in [6.45, 7) is 1.66. The van der Waals surface area contributed by atoms with Gasteiger partial charge in [0.15, 0.2) is 0 Å². The third-order valence-corrected chi connectivity index (χ3v) is 8.00. The number of rotatable bonds is 5. The number of piperidine rings is 1. The fourth-order valence-corrected chi connectivity index (χ4v) is 5.96. The van der Waals surface area contributed by atoms with Crippen LogP contribution in [0.3, 0.4) is 0 Å². The number of carbonyl (C=O) groups excluding carboxylic acids is 1. The molecular formula is C23H23F3N4O4S. The Bertz CT molecular complexity index is 1440. The van der Waals surface area contributed by atoms with Crippen molar-refractivity contribution >= 4 is 32.5 Å². The molecule has 1 fully saturated rings. The van der Waals surface area contributed by atoms with Crippen molar-refractivity contribution in [2.45, 2.75) is 49.8 Å². The third kappa shape index (κ3) is 5.08. The second-order valence-corrected chi connectivity index (χ2v) is 10.3. The lowest BCUT2D eigenvalue weighted by molar-refractivity contribution is -0.137. The SMILES string of the molecule is C[C@H]1CCCCN1S(=O)(=O)c1ccc2c(cnc(=O)n2CC(=O)Nc2ccccc2C(F)(F)F)c1. The number of nitrogens with one attached hydrogen (secondary N) is 1. The molecule has 1 aliphatic heterocycles. The molecule has 1 atom stereocenters. The molecule has 2 aromatic carbocycles. The minimum atomic E-state index is -4.67. The summed E-state index contributed by atoms with van der Waals surface area (Å²) in [4.78, 5) is 28.7. The molecule has 1 aromatic heterocycles. The summed E-state index contributed by atoms with van der Waals surface area (Å²) in [6.07, 6.45) is -0.971. The maximum absolute atomic E-state index is 13.2. The van der Waals surface area contributed by atoms with Crippen LogP contribution in [0, 0.1) is 0 Å². The van der Waals surface area contributed by atoms with Crippen LogP contribution in [-0.4, -0.2) is 40.8 Å². The Morgan fingerprint density at radius 3 is 2.63 bits per heavy atom. The number of aromatic nitrogens is 2. The van der Waals surface area contributed by atoms with Crippen LogP contribution in [-0.2, 0) is 27.5 Å². The lowest BCUT2D eigenvalue weighted by Gasteiger charge is -2.32. The molecule has 4 rings (SSSR count). The number of hydrogen-bond acceptors (Lipinski definition) is 5. The van der Waals surface area contributed by atoms with E-state index < -0.39 is 45.6 Å². The van der Waals surface area contributed by atoms with Gasteiger partial charge in [0, 0.05) is 24.2 Å². The number of sulfonamides is 1. The highest BCUT2D eigenvalue weighted by Crippen LogP contribution is 2.34. The van der Waals surface area contributed by atoms with Gasteiger partial charge in [-0.2, -0.15) is 17.5 Å². The fourth-order valence-electron chi connectivity index (χ4n) is 4.23. The molecule has 186 valence electrons. The number of amides is 1. The summed E-state index contributed by atoms with van der Waals surface area (Å²) in [5.41, 5.74) is -2.01. The highest BCUT2D eigenvalue weighted by Gasteiger charge is 2.34. The number of alkyl halides is 3. The molecule has 1 aliphatic rings. The second-order valence-electron chi connectivity index (χ2n) is 8.40. The lowest BCUT2D eigenvalue weighted by Crippen LogP contribution is -2.41. The normalized spacial score (nSPS) is 17.4. The average molecular weight is 509 g/mol. The van der Waals surface area contributed by atoms with Crippen molar-refractivity contribution in [2.75, 3.05) is 11.9 Å². The summed E-state index contributed by atoms with van der Waals surface area (Å²) < 4.78 is 68.4. The van der Waals surface area contributed by atoms with Crippen molar-refractivity contribution < 1.29 is 26.4 Å². The smallest absolute Gasteiger partial charge is 0.324 e. The van der Waals surface area contributed by atoms with Crippen molar-refractivity contribution in [1.82, 2.24) is 13.9 Å². The number of fused-ring (bicyclic) bond motifs is 1. The van der Waals surface area contributed by atoms with E-state index in [1.54, 1.807) is 0 Å². The Kier molecular flexibility index (Phi) is 6.69. The van der Waals surface area contributed by atoms with Crippen LogP contribution >= 0.6 is 0 Å². The standard InChI is InChI=1S/C23H23F3N4O4S/c1-15-6-4-5-11-30(15)35(33,34)17-9-10-20-16(12-17)13-27-22(32)29(20)14-21(31)28-19-8-3-2-7-18(19)23(24,25)26/h2-3,7-10,12-13,15H,4-6,11,14H2,1H3,(H,28,31)/t15-/m0/s1. The first-order chi connectivity index (χ1) is 16.5. The van der Waals surface area contributed by atoms with E-state index in [2.05, 4.69) is 10.3 Å². The van der Waals surface area contributed by atoms with Crippen LogP contribution in [0.2, 0.25) is 0 Å². The molecule has 1 N–H and O–H groups in total. The predicted octanol–water partition coefficient (Wildman–Crippen LogP) is 3.62. The van der Waals surface area contributed by atoms with E-state index in [0.29, 0.717) is 11.9 Å². The highest BCUT2D eigenvalue weighted by molar-refractivity contribution is 7.89. The number of para-hydroxylation sites is 1. The van der Waals surface area contributed by atoms with E-state index in [4.69, 9.17) is 0 Å². The number of hydrogen-bond donors (Lipinski definition) is 1. The van der Waals surface area contributed by atoms with Crippen molar-refractivity contribution in [3.63, 3.8) is 0 Å². The molecule has 35 heavy (non-hydrogen) atoms. The van der Waals surface area contributed by atoms with Gasteiger partial charge in [-0.15, -0.1) is 0 Å². The van der Waals surface area contributed by atoms with Gasteiger partial charge in [-0.25, -0.2) is 18.2 Å². The van der Waals surface area contributed by atoms with Gasteiger partial charge >= 0.3 is 11.9 Å². The summed E-state index contributed by atoms with van der Waals surface area (Å²) in [7, 11) is -3.78. The summed E-state index contributed by atoms with van der Waals surface area (Å²) in [5, 5.41) is 2.50. The molecule has 0 radical (unpaired) electrons. The van der Waals surface area contributed by atoms with Crippen LogP contribution in [0.4, 0.5) is 18.9 Å². The Hall–Kier alpha value is -3.25. The monoisotopic (exact) mass is 508 g/mol. The molecule has 0 saturated carbocycles. The summed E-state index contributed by atoms with van der Waals surface area (Å²) >= 11 is 0.